The van der Waals surface area contributed by atoms with Crippen LogP contribution in [0.25, 0.3) is 0 Å². The predicted octanol–water partition coefficient (Wildman–Crippen LogP) is -0.547. The van der Waals surface area contributed by atoms with Gasteiger partial charge in [0.1, 0.15) is 6.54 Å². The third-order valence-electron chi connectivity index (χ3n) is 1.68. The molecule has 0 atom stereocenters. The van der Waals surface area contributed by atoms with Gasteiger partial charge in [0.15, 0.2) is 0 Å². The summed E-state index contributed by atoms with van der Waals surface area (Å²) >= 11 is 0. The molecule has 0 rings (SSSR count). The smallest absolute Gasteiger partial charge is 0.322 e. The Morgan fingerprint density at radius 1 is 1.12 bits per heavy atom. The van der Waals surface area contributed by atoms with E-state index in [9.17, 15) is 14.4 Å². The van der Waals surface area contributed by atoms with Gasteiger partial charge in [0.05, 0.1) is 6.54 Å². The van der Waals surface area contributed by atoms with Crippen molar-refractivity contribution in [3.8, 4) is 0 Å². The Balaban J connectivity index is 3.55. The van der Waals surface area contributed by atoms with E-state index in [1.54, 1.807) is 0 Å². The zero-order valence-electron chi connectivity index (χ0n) is 9.66. The lowest BCUT2D eigenvalue weighted by Gasteiger charge is -2.06. The number of amides is 3. The van der Waals surface area contributed by atoms with Crippen LogP contribution < -0.4 is 16.0 Å². The molecule has 0 saturated carbocycles. The lowest BCUT2D eigenvalue weighted by atomic mass is 10.4. The van der Waals surface area contributed by atoms with E-state index in [1.807, 2.05) is 19.1 Å². The Bertz CT molecular complexity index is 302. The molecule has 17 heavy (non-hydrogen) atoms. The first-order chi connectivity index (χ1) is 8.06. The van der Waals surface area contributed by atoms with Gasteiger partial charge in [-0.05, 0) is 13.3 Å². The molecule has 0 unspecified atom stereocenters. The average Bonchev–Trinajstić information content (AvgIpc) is 2.29. The topological polar surface area (TPSA) is 108 Å². The van der Waals surface area contributed by atoms with E-state index in [2.05, 4.69) is 16.0 Å². The number of carbonyl (C=O) groups excluding carboxylic acids is 2. The molecule has 3 amide bonds. The zero-order valence-corrected chi connectivity index (χ0v) is 9.66. The number of carbonyl (C=O) groups is 3. The summed E-state index contributed by atoms with van der Waals surface area (Å²) in [6, 6.07) is -0.458. The molecule has 7 nitrogen and oxygen atoms in total. The Morgan fingerprint density at radius 2 is 1.82 bits per heavy atom. The van der Waals surface area contributed by atoms with Crippen molar-refractivity contribution in [2.24, 2.45) is 0 Å². The first kappa shape index (κ1) is 14.9. The van der Waals surface area contributed by atoms with Crippen molar-refractivity contribution in [3.63, 3.8) is 0 Å². The van der Waals surface area contributed by atoms with Gasteiger partial charge in [-0.25, -0.2) is 4.79 Å². The van der Waals surface area contributed by atoms with Gasteiger partial charge in [-0.2, -0.15) is 0 Å². The molecule has 0 bridgehead atoms. The number of carboxylic acids is 1. The molecular weight excluding hydrogens is 226 g/mol. The van der Waals surface area contributed by atoms with Crippen LogP contribution >= 0.6 is 0 Å². The van der Waals surface area contributed by atoms with Gasteiger partial charge in [-0.3, -0.25) is 9.59 Å². The summed E-state index contributed by atoms with van der Waals surface area (Å²) in [5, 5.41) is 15.3. The summed E-state index contributed by atoms with van der Waals surface area (Å²) in [4.78, 5) is 32.2. The van der Waals surface area contributed by atoms with E-state index in [0.717, 1.165) is 6.42 Å². The zero-order chi connectivity index (χ0) is 13.1. The van der Waals surface area contributed by atoms with Gasteiger partial charge >= 0.3 is 12.0 Å². The number of carboxylic acid groups (broad SMARTS) is 1. The van der Waals surface area contributed by atoms with Crippen LogP contribution in [0.2, 0.25) is 0 Å². The van der Waals surface area contributed by atoms with Crippen LogP contribution in [0.3, 0.4) is 0 Å². The largest absolute Gasteiger partial charge is 0.480 e. The second kappa shape index (κ2) is 9.20. The second-order valence-corrected chi connectivity index (χ2v) is 3.14. The third kappa shape index (κ3) is 10.2. The van der Waals surface area contributed by atoms with Crippen molar-refractivity contribution in [2.45, 2.75) is 13.3 Å². The van der Waals surface area contributed by atoms with Crippen LogP contribution in [-0.2, 0) is 9.59 Å². The summed E-state index contributed by atoms with van der Waals surface area (Å²) in [5.74, 6) is -1.68. The van der Waals surface area contributed by atoms with Gasteiger partial charge in [-0.15, -0.1) is 0 Å². The van der Waals surface area contributed by atoms with Crippen molar-refractivity contribution >= 4 is 17.9 Å². The highest BCUT2D eigenvalue weighted by Gasteiger charge is 2.05. The van der Waals surface area contributed by atoms with E-state index in [4.69, 9.17) is 5.11 Å². The molecule has 0 aliphatic carbocycles. The molecule has 0 spiro atoms. The molecule has 96 valence electrons. The first-order valence-electron chi connectivity index (χ1n) is 5.17. The molecule has 0 radical (unpaired) electrons. The number of hydrogen-bond acceptors (Lipinski definition) is 3. The number of aliphatic carboxylic acids is 1. The maximum atomic E-state index is 11.1. The molecule has 4 N–H and O–H groups in total. The lowest BCUT2D eigenvalue weighted by Crippen LogP contribution is -2.43. The predicted molar refractivity (Wildman–Crippen MR) is 61.5 cm³/mol. The van der Waals surface area contributed by atoms with Gasteiger partial charge in [-0.1, -0.05) is 12.2 Å². The number of allylic oxidation sites excluding steroid dienone is 1. The van der Waals surface area contributed by atoms with Gasteiger partial charge in [0, 0.05) is 6.54 Å². The van der Waals surface area contributed by atoms with Crippen LogP contribution in [0.4, 0.5) is 4.79 Å². The Kier molecular flexibility index (Phi) is 8.09. The maximum absolute atomic E-state index is 11.1. The summed E-state index contributed by atoms with van der Waals surface area (Å²) < 4.78 is 0. The maximum Gasteiger partial charge on any atom is 0.322 e. The molecular formula is C10H17N3O4. The molecule has 0 aliphatic heterocycles. The van der Waals surface area contributed by atoms with Crippen molar-refractivity contribution in [2.75, 3.05) is 19.6 Å². The number of hydrogen-bond donors (Lipinski definition) is 4. The van der Waals surface area contributed by atoms with E-state index in [-0.39, 0.29) is 6.54 Å². The number of rotatable bonds is 7. The summed E-state index contributed by atoms with van der Waals surface area (Å²) in [5.41, 5.74) is 0. The Morgan fingerprint density at radius 3 is 2.41 bits per heavy atom. The van der Waals surface area contributed by atoms with Crippen molar-refractivity contribution in [3.05, 3.63) is 12.2 Å². The van der Waals surface area contributed by atoms with Gasteiger partial charge < -0.3 is 21.1 Å². The fraction of sp³-hybridized carbons (Fsp3) is 0.500. The summed E-state index contributed by atoms with van der Waals surface area (Å²) in [6.45, 7) is 1.66. The number of urea groups is 1. The highest BCUT2D eigenvalue weighted by Crippen LogP contribution is 1.79. The number of nitrogens with one attached hydrogen (secondary N) is 3. The van der Waals surface area contributed by atoms with Crippen LogP contribution in [0.1, 0.15) is 13.3 Å². The van der Waals surface area contributed by atoms with E-state index in [0.29, 0.717) is 6.54 Å². The highest BCUT2D eigenvalue weighted by molar-refractivity contribution is 5.86. The quantitative estimate of drug-likeness (QED) is 0.355. The van der Waals surface area contributed by atoms with Crippen molar-refractivity contribution in [1.29, 1.82) is 0 Å². The Labute approximate surface area is 99.3 Å². The minimum absolute atomic E-state index is 0.247. The lowest BCUT2D eigenvalue weighted by molar-refractivity contribution is -0.137. The minimum Gasteiger partial charge on any atom is -0.480 e. The van der Waals surface area contributed by atoms with Crippen LogP contribution in [-0.4, -0.2) is 42.6 Å². The summed E-state index contributed by atoms with van der Waals surface area (Å²) in [7, 11) is 0. The SMILES string of the molecule is C/C=C/CCNC(=O)NCC(=O)NCC(=O)O. The molecule has 0 heterocycles. The molecule has 0 aromatic carbocycles. The minimum atomic E-state index is -1.13. The highest BCUT2D eigenvalue weighted by atomic mass is 16.4. The monoisotopic (exact) mass is 243 g/mol. The van der Waals surface area contributed by atoms with Crippen LogP contribution in [0, 0.1) is 0 Å². The van der Waals surface area contributed by atoms with E-state index in [1.165, 1.54) is 0 Å². The third-order valence-corrected chi connectivity index (χ3v) is 1.68. The average molecular weight is 243 g/mol. The Hall–Kier alpha value is -2.05. The van der Waals surface area contributed by atoms with Gasteiger partial charge in [0.25, 0.3) is 0 Å². The second-order valence-electron chi connectivity index (χ2n) is 3.14. The molecule has 0 aromatic heterocycles. The van der Waals surface area contributed by atoms with Crippen molar-refractivity contribution in [1.82, 2.24) is 16.0 Å². The van der Waals surface area contributed by atoms with Crippen molar-refractivity contribution < 1.29 is 19.5 Å². The molecule has 0 fully saturated rings. The molecule has 7 heteroatoms. The summed E-state index contributed by atoms with van der Waals surface area (Å²) in [6.07, 6.45) is 4.49. The van der Waals surface area contributed by atoms with E-state index >= 15 is 0 Å². The normalized spacial score (nSPS) is 9.94. The van der Waals surface area contributed by atoms with E-state index < -0.39 is 24.5 Å². The molecule has 0 saturated heterocycles. The van der Waals surface area contributed by atoms with Crippen LogP contribution in [0.15, 0.2) is 12.2 Å². The fourth-order valence-corrected chi connectivity index (χ4v) is 0.895. The molecule has 0 aliphatic rings. The van der Waals surface area contributed by atoms with Crippen LogP contribution in [0.5, 0.6) is 0 Å². The van der Waals surface area contributed by atoms with Gasteiger partial charge in [0.2, 0.25) is 5.91 Å². The fourth-order valence-electron chi connectivity index (χ4n) is 0.895. The standard InChI is InChI=1S/C10H17N3O4/c1-2-3-4-5-11-10(17)13-6-8(14)12-7-9(15)16/h2-3H,4-7H2,1H3,(H,12,14)(H,15,16)(H2,11,13,17)/b3-2+. The first-order valence-corrected chi connectivity index (χ1v) is 5.17. The molecule has 0 aromatic rings.